The lowest BCUT2D eigenvalue weighted by molar-refractivity contribution is 0.246. The van der Waals surface area contributed by atoms with Crippen LogP contribution in [0.2, 0.25) is 0 Å². The fourth-order valence-corrected chi connectivity index (χ4v) is 4.37. The van der Waals surface area contributed by atoms with Crippen molar-refractivity contribution in [3.63, 3.8) is 0 Å². The molecule has 35 heavy (non-hydrogen) atoms. The minimum atomic E-state index is -0.245. The second-order valence-electron chi connectivity index (χ2n) is 10.8. The normalized spacial score (nSPS) is 12.1. The highest BCUT2D eigenvalue weighted by atomic mass is 19.1. The van der Waals surface area contributed by atoms with Crippen LogP contribution >= 0.6 is 0 Å². The second kappa shape index (κ2) is 10.2. The highest BCUT2D eigenvalue weighted by Crippen LogP contribution is 2.24. The molecule has 4 aromatic rings. The number of H-pyrrole nitrogens is 1. The maximum Gasteiger partial charge on any atom is 0.252 e. The van der Waals surface area contributed by atoms with E-state index in [1.54, 1.807) is 0 Å². The van der Waals surface area contributed by atoms with Gasteiger partial charge in [0.2, 0.25) is 0 Å². The molecule has 3 nitrogen and oxygen atoms in total. The van der Waals surface area contributed by atoms with Gasteiger partial charge in [0, 0.05) is 30.7 Å². The van der Waals surface area contributed by atoms with Crippen LogP contribution < -0.4 is 5.56 Å². The number of benzene rings is 3. The summed E-state index contributed by atoms with van der Waals surface area (Å²) in [5, 5.41) is 1.04. The van der Waals surface area contributed by atoms with Crippen molar-refractivity contribution < 1.29 is 4.39 Å². The maximum absolute atomic E-state index is 13.5. The van der Waals surface area contributed by atoms with E-state index in [0.717, 1.165) is 22.0 Å². The van der Waals surface area contributed by atoms with Crippen LogP contribution in [0, 0.1) is 5.82 Å². The van der Waals surface area contributed by atoms with Gasteiger partial charge in [-0.15, -0.1) is 0 Å². The molecule has 0 aliphatic rings. The number of nitrogens with zero attached hydrogens (tertiary/aromatic N) is 1. The Hall–Kier alpha value is -3.24. The molecule has 1 aromatic heterocycles. The molecular formula is C31H35FN2O. The first-order valence-electron chi connectivity index (χ1n) is 12.3. The summed E-state index contributed by atoms with van der Waals surface area (Å²) in [5.74, 6) is 0.172. The van der Waals surface area contributed by atoms with Gasteiger partial charge < -0.3 is 4.98 Å². The Morgan fingerprint density at radius 2 is 1.43 bits per heavy atom. The van der Waals surface area contributed by atoms with Crippen LogP contribution in [-0.2, 0) is 25.0 Å². The summed E-state index contributed by atoms with van der Waals surface area (Å²) in [7, 11) is 0. The van der Waals surface area contributed by atoms with Crippen LogP contribution in [-0.4, -0.2) is 9.88 Å². The minimum Gasteiger partial charge on any atom is -0.322 e. The Labute approximate surface area is 207 Å². The molecule has 0 radical (unpaired) electrons. The zero-order chi connectivity index (χ0) is 25.2. The Morgan fingerprint density at radius 3 is 2.00 bits per heavy atom. The zero-order valence-corrected chi connectivity index (χ0v) is 21.4. The van der Waals surface area contributed by atoms with Gasteiger partial charge in [-0.3, -0.25) is 9.69 Å². The lowest BCUT2D eigenvalue weighted by atomic mass is 9.87. The molecule has 3 aromatic carbocycles. The number of hydrogen-bond acceptors (Lipinski definition) is 2. The summed E-state index contributed by atoms with van der Waals surface area (Å²) in [6.45, 7) is 12.8. The number of rotatable bonds is 7. The lowest BCUT2D eigenvalue weighted by Gasteiger charge is -2.24. The molecule has 0 amide bonds. The van der Waals surface area contributed by atoms with Crippen molar-refractivity contribution in [2.45, 2.75) is 65.6 Å². The molecule has 0 aliphatic heterocycles. The highest BCUT2D eigenvalue weighted by molar-refractivity contribution is 5.79. The van der Waals surface area contributed by atoms with Crippen molar-refractivity contribution in [2.24, 2.45) is 0 Å². The van der Waals surface area contributed by atoms with E-state index in [2.05, 4.69) is 80.9 Å². The number of aromatic amines is 1. The van der Waals surface area contributed by atoms with Gasteiger partial charge in [0.1, 0.15) is 5.82 Å². The average Bonchev–Trinajstić information content (AvgIpc) is 2.80. The van der Waals surface area contributed by atoms with E-state index in [4.69, 9.17) is 0 Å². The predicted octanol–water partition coefficient (Wildman–Crippen LogP) is 7.29. The summed E-state index contributed by atoms with van der Waals surface area (Å²) >= 11 is 0. The monoisotopic (exact) mass is 470 g/mol. The first kappa shape index (κ1) is 24.9. The molecule has 0 spiro atoms. The second-order valence-corrected chi connectivity index (χ2v) is 10.8. The van der Waals surface area contributed by atoms with E-state index in [1.165, 1.54) is 28.8 Å². The molecule has 182 valence electrons. The van der Waals surface area contributed by atoms with E-state index >= 15 is 0 Å². The van der Waals surface area contributed by atoms with Crippen molar-refractivity contribution in [1.29, 1.82) is 0 Å². The van der Waals surface area contributed by atoms with Gasteiger partial charge in [-0.1, -0.05) is 77.1 Å². The van der Waals surface area contributed by atoms with Gasteiger partial charge in [-0.2, -0.15) is 0 Å². The van der Waals surface area contributed by atoms with Crippen LogP contribution in [0.15, 0.2) is 77.6 Å². The van der Waals surface area contributed by atoms with Crippen LogP contribution in [0.5, 0.6) is 0 Å². The van der Waals surface area contributed by atoms with E-state index in [-0.39, 0.29) is 16.8 Å². The lowest BCUT2D eigenvalue weighted by Crippen LogP contribution is -2.26. The quantitative estimate of drug-likeness (QED) is 0.308. The van der Waals surface area contributed by atoms with E-state index < -0.39 is 0 Å². The topological polar surface area (TPSA) is 36.1 Å². The van der Waals surface area contributed by atoms with E-state index in [1.807, 2.05) is 24.3 Å². The van der Waals surface area contributed by atoms with Gasteiger partial charge in [0.25, 0.3) is 5.56 Å². The van der Waals surface area contributed by atoms with E-state index in [0.29, 0.717) is 25.6 Å². The zero-order valence-electron chi connectivity index (χ0n) is 21.4. The van der Waals surface area contributed by atoms with Crippen LogP contribution in [0.4, 0.5) is 4.39 Å². The highest BCUT2D eigenvalue weighted by Gasteiger charge is 2.15. The Kier molecular flexibility index (Phi) is 7.23. The van der Waals surface area contributed by atoms with Gasteiger partial charge in [0.15, 0.2) is 0 Å². The summed E-state index contributed by atoms with van der Waals surface area (Å²) in [6.07, 6.45) is 0. The summed E-state index contributed by atoms with van der Waals surface area (Å²) in [6, 6.07) is 23.5. The van der Waals surface area contributed by atoms with E-state index in [9.17, 15) is 9.18 Å². The minimum absolute atomic E-state index is 0.0676. The summed E-state index contributed by atoms with van der Waals surface area (Å²) in [5.41, 5.74) is 6.34. The third kappa shape index (κ3) is 6.26. The molecule has 0 saturated heterocycles. The molecule has 0 atom stereocenters. The van der Waals surface area contributed by atoms with Gasteiger partial charge in [-0.25, -0.2) is 4.39 Å². The van der Waals surface area contributed by atoms with Gasteiger partial charge in [0.05, 0.1) is 0 Å². The molecule has 0 saturated carbocycles. The van der Waals surface area contributed by atoms with Crippen LogP contribution in [0.3, 0.4) is 0 Å². The molecule has 1 N–H and O–H groups in total. The van der Waals surface area contributed by atoms with Gasteiger partial charge in [-0.05, 0) is 69.3 Å². The standard InChI is InChI=1S/C31H35FN2O/c1-21(2)24-10-15-29-25(16-24)17-26(30(35)33-29)20-34(19-23-8-13-28(32)14-9-23)18-22-6-11-27(12-7-22)31(3,4)5/h6-17,21H,18-20H2,1-5H3,(H,33,35). The third-order valence-corrected chi connectivity index (χ3v) is 6.55. The fraction of sp³-hybridized carbons (Fsp3) is 0.323. The SMILES string of the molecule is CC(C)c1ccc2[nH]c(=O)c(CN(Cc3ccc(F)cc3)Cc3ccc(C(C)(C)C)cc3)cc2c1. The Morgan fingerprint density at radius 1 is 0.829 bits per heavy atom. The molecule has 0 fully saturated rings. The third-order valence-electron chi connectivity index (χ3n) is 6.55. The number of fused-ring (bicyclic) bond motifs is 1. The molecule has 0 bridgehead atoms. The average molecular weight is 471 g/mol. The number of aromatic nitrogens is 1. The van der Waals surface area contributed by atoms with Crippen molar-refractivity contribution in [2.75, 3.05) is 0 Å². The molecular weight excluding hydrogens is 435 g/mol. The molecule has 0 unspecified atom stereocenters. The van der Waals surface area contributed by atoms with Crippen LogP contribution in [0.1, 0.15) is 68.4 Å². The molecule has 0 aliphatic carbocycles. The Balaban J connectivity index is 1.65. The maximum atomic E-state index is 13.5. The molecule has 1 heterocycles. The fourth-order valence-electron chi connectivity index (χ4n) is 4.37. The van der Waals surface area contributed by atoms with Crippen molar-refractivity contribution in [3.05, 3.63) is 117 Å². The Bertz CT molecular complexity index is 1350. The van der Waals surface area contributed by atoms with Crippen molar-refractivity contribution in [3.8, 4) is 0 Å². The predicted molar refractivity (Wildman–Crippen MR) is 143 cm³/mol. The smallest absolute Gasteiger partial charge is 0.252 e. The number of nitrogens with one attached hydrogen (secondary N) is 1. The first-order chi connectivity index (χ1) is 16.6. The summed E-state index contributed by atoms with van der Waals surface area (Å²) in [4.78, 5) is 18.3. The molecule has 4 rings (SSSR count). The number of pyridine rings is 1. The number of halogens is 1. The van der Waals surface area contributed by atoms with Gasteiger partial charge >= 0.3 is 0 Å². The van der Waals surface area contributed by atoms with Crippen LogP contribution in [0.25, 0.3) is 10.9 Å². The summed E-state index contributed by atoms with van der Waals surface area (Å²) < 4.78 is 13.5. The first-order valence-corrected chi connectivity index (χ1v) is 12.3. The number of hydrogen-bond donors (Lipinski definition) is 1. The van der Waals surface area contributed by atoms with Crippen molar-refractivity contribution in [1.82, 2.24) is 9.88 Å². The largest absolute Gasteiger partial charge is 0.322 e. The van der Waals surface area contributed by atoms with Crippen molar-refractivity contribution >= 4 is 10.9 Å². The molecule has 4 heteroatoms.